The molecule has 3 heterocycles. The normalized spacial score (nSPS) is 19.7. The fourth-order valence-corrected chi connectivity index (χ4v) is 5.56. The van der Waals surface area contributed by atoms with Crippen LogP contribution in [0.25, 0.3) is 0 Å². The minimum atomic E-state index is -1.20. The zero-order valence-electron chi connectivity index (χ0n) is 17.0. The number of carbonyl (C=O) groups excluding carboxylic acids is 2. The molecule has 2 aromatic rings. The summed E-state index contributed by atoms with van der Waals surface area (Å²) >= 11 is 10.9. The number of carboxylic acids is 1. The number of carboxylic acid groups (broad SMARTS) is 1. The van der Waals surface area contributed by atoms with Gasteiger partial charge in [0.05, 0.1) is 6.61 Å². The lowest BCUT2D eigenvalue weighted by Crippen LogP contribution is -2.70. The number of aliphatic carboxylic acids is 1. The zero-order valence-corrected chi connectivity index (χ0v) is 20.2. The summed E-state index contributed by atoms with van der Waals surface area (Å²) in [6.07, 6.45) is 1.43. The van der Waals surface area contributed by atoms with Gasteiger partial charge in [0, 0.05) is 15.2 Å². The molecule has 2 aliphatic heterocycles. The van der Waals surface area contributed by atoms with Crippen molar-refractivity contribution in [2.75, 3.05) is 5.75 Å². The minimum Gasteiger partial charge on any atom is -0.477 e. The number of β-lactam (4-membered cyclic amide) rings is 1. The molecule has 0 unspecified atom stereocenters. The van der Waals surface area contributed by atoms with Crippen LogP contribution in [-0.2, 0) is 27.5 Å². The number of thioether (sulfide) groups is 1. The number of nitrogens with zero attached hydrogens (tertiary/aromatic N) is 1. The molecule has 1 fully saturated rings. The van der Waals surface area contributed by atoms with Crippen molar-refractivity contribution < 1.29 is 28.6 Å². The lowest BCUT2D eigenvalue weighted by Gasteiger charge is -2.49. The number of hydrogen-bond acceptors (Lipinski definition) is 6. The summed E-state index contributed by atoms with van der Waals surface area (Å²) in [5.74, 6) is -1.40. The van der Waals surface area contributed by atoms with Crippen LogP contribution >= 0.6 is 39.3 Å². The molecule has 8 nitrogen and oxygen atoms in total. The highest BCUT2D eigenvalue weighted by Crippen LogP contribution is 2.40. The van der Waals surface area contributed by atoms with Crippen LogP contribution in [0.5, 0.6) is 0 Å². The predicted molar refractivity (Wildman–Crippen MR) is 126 cm³/mol. The van der Waals surface area contributed by atoms with Gasteiger partial charge in [-0.15, -0.1) is 11.8 Å². The van der Waals surface area contributed by atoms with Crippen LogP contribution in [-0.4, -0.2) is 45.0 Å². The molecule has 2 N–H and O–H groups in total. The second-order valence-electron chi connectivity index (χ2n) is 7.24. The number of ether oxygens (including phenoxy) is 1. The van der Waals surface area contributed by atoms with E-state index in [0.717, 1.165) is 10.0 Å². The maximum absolute atomic E-state index is 12.6. The van der Waals surface area contributed by atoms with Gasteiger partial charge in [0.15, 0.2) is 5.76 Å². The first kappa shape index (κ1) is 23.6. The van der Waals surface area contributed by atoms with Crippen molar-refractivity contribution in [3.63, 3.8) is 0 Å². The molecular formula is C22H18BrClN2O6S. The van der Waals surface area contributed by atoms with Gasteiger partial charge in [0.25, 0.3) is 11.8 Å². The fraction of sp³-hybridized carbons (Fsp3) is 0.227. The van der Waals surface area contributed by atoms with E-state index < -0.39 is 29.2 Å². The third kappa shape index (κ3) is 4.74. The Hall–Kier alpha value is -2.53. The van der Waals surface area contributed by atoms with Crippen LogP contribution in [0.3, 0.4) is 0 Å². The molecule has 1 aromatic carbocycles. The van der Waals surface area contributed by atoms with Gasteiger partial charge in [-0.25, -0.2) is 4.79 Å². The third-order valence-corrected chi connectivity index (χ3v) is 7.28. The van der Waals surface area contributed by atoms with E-state index in [0.29, 0.717) is 22.1 Å². The van der Waals surface area contributed by atoms with E-state index in [1.807, 2.05) is 12.1 Å². The lowest BCUT2D eigenvalue weighted by atomic mass is 10.0. The number of halogens is 2. The third-order valence-electron chi connectivity index (χ3n) is 5.14. The molecule has 2 aliphatic rings. The fourth-order valence-electron chi connectivity index (χ4n) is 3.49. The van der Waals surface area contributed by atoms with Crippen LogP contribution in [0.2, 0.25) is 5.02 Å². The van der Waals surface area contributed by atoms with Crippen molar-refractivity contribution in [3.05, 3.63) is 80.8 Å². The Kier molecular flexibility index (Phi) is 6.99. The molecule has 33 heavy (non-hydrogen) atoms. The van der Waals surface area contributed by atoms with Crippen molar-refractivity contribution in [2.45, 2.75) is 24.6 Å². The lowest BCUT2D eigenvalue weighted by molar-refractivity contribution is -0.148. The number of allylic oxidation sites excluding steroid dienone is 1. The van der Waals surface area contributed by atoms with Gasteiger partial charge in [0.1, 0.15) is 29.5 Å². The maximum Gasteiger partial charge on any atom is 0.352 e. The van der Waals surface area contributed by atoms with Crippen LogP contribution < -0.4 is 5.32 Å². The second kappa shape index (κ2) is 9.76. The van der Waals surface area contributed by atoms with E-state index in [9.17, 15) is 19.5 Å². The number of rotatable bonds is 8. The summed E-state index contributed by atoms with van der Waals surface area (Å²) in [4.78, 5) is 37.9. The summed E-state index contributed by atoms with van der Waals surface area (Å²) in [5.41, 5.74) is 1.20. The summed E-state index contributed by atoms with van der Waals surface area (Å²) < 4.78 is 12.0. The Morgan fingerprint density at radius 3 is 2.85 bits per heavy atom. The highest BCUT2D eigenvalue weighted by molar-refractivity contribution is 9.10. The topological polar surface area (TPSA) is 109 Å². The smallest absolute Gasteiger partial charge is 0.352 e. The highest BCUT2D eigenvalue weighted by atomic mass is 79.9. The average Bonchev–Trinajstić information content (AvgIpc) is 3.26. The first-order valence-corrected chi connectivity index (χ1v) is 12.0. The number of benzene rings is 1. The molecule has 0 aliphatic carbocycles. The number of hydrogen-bond donors (Lipinski definition) is 2. The molecule has 2 atom stereocenters. The molecule has 0 bridgehead atoms. The van der Waals surface area contributed by atoms with Gasteiger partial charge in [-0.2, -0.15) is 0 Å². The minimum absolute atomic E-state index is 0.0307. The van der Waals surface area contributed by atoms with Crippen molar-refractivity contribution in [1.29, 1.82) is 0 Å². The van der Waals surface area contributed by atoms with Gasteiger partial charge < -0.3 is 19.6 Å². The molecule has 2 amide bonds. The largest absolute Gasteiger partial charge is 0.477 e. The summed E-state index contributed by atoms with van der Waals surface area (Å²) in [7, 11) is 0. The van der Waals surface area contributed by atoms with Crippen LogP contribution in [0.1, 0.15) is 21.9 Å². The van der Waals surface area contributed by atoms with E-state index >= 15 is 0 Å². The van der Waals surface area contributed by atoms with Gasteiger partial charge in [0.2, 0.25) is 0 Å². The predicted octanol–water partition coefficient (Wildman–Crippen LogP) is 3.95. The molecule has 0 saturated carbocycles. The number of furan rings is 1. The highest BCUT2D eigenvalue weighted by Gasteiger charge is 2.54. The molecule has 172 valence electrons. The first-order chi connectivity index (χ1) is 15.8. The Balaban J connectivity index is 1.34. The van der Waals surface area contributed by atoms with Crippen molar-refractivity contribution in [1.82, 2.24) is 10.2 Å². The molecule has 0 radical (unpaired) electrons. The Morgan fingerprint density at radius 2 is 2.15 bits per heavy atom. The van der Waals surface area contributed by atoms with E-state index in [-0.39, 0.29) is 24.7 Å². The van der Waals surface area contributed by atoms with Crippen LogP contribution in [0.15, 0.2) is 63.1 Å². The van der Waals surface area contributed by atoms with E-state index in [2.05, 4.69) is 27.8 Å². The molecule has 11 heteroatoms. The Bertz CT molecular complexity index is 1180. The Labute approximate surface area is 206 Å². The number of amides is 2. The first-order valence-electron chi connectivity index (χ1n) is 9.75. The van der Waals surface area contributed by atoms with Crippen LogP contribution in [0.4, 0.5) is 0 Å². The van der Waals surface area contributed by atoms with Crippen molar-refractivity contribution >= 4 is 57.1 Å². The molecule has 1 aromatic heterocycles. The average molecular weight is 554 g/mol. The van der Waals surface area contributed by atoms with Gasteiger partial charge >= 0.3 is 5.97 Å². The van der Waals surface area contributed by atoms with Gasteiger partial charge in [-0.3, -0.25) is 14.5 Å². The summed E-state index contributed by atoms with van der Waals surface area (Å²) in [6, 6.07) is 7.75. The summed E-state index contributed by atoms with van der Waals surface area (Å²) in [5, 5.41) is 12.2. The monoisotopic (exact) mass is 552 g/mol. The number of nitrogens with one attached hydrogen (secondary N) is 1. The van der Waals surface area contributed by atoms with Crippen LogP contribution in [0, 0.1) is 0 Å². The second-order valence-corrected chi connectivity index (χ2v) is 9.67. The Morgan fingerprint density at radius 1 is 1.36 bits per heavy atom. The van der Waals surface area contributed by atoms with Crippen molar-refractivity contribution in [2.24, 2.45) is 0 Å². The maximum atomic E-state index is 12.6. The standard InChI is InChI=1S/C22H18BrClN2O6S/c1-2-11-10-33-21-17(20(28)26(21)18(11)22(29)30)25-19(27)16-6-5-14(32-16)9-31-8-12-3-4-13(23)7-15(12)24/h2-7,17,21H,1,8-10H2,(H,25,27)(H,29,30)/t17-,21-/m1/s1. The SMILES string of the molecule is C=CC1=C(C(=O)O)N2C(=O)[C@@H](NC(=O)c3ccc(COCc4ccc(Br)cc4Cl)o3)[C@H]2SC1. The van der Waals surface area contributed by atoms with E-state index in [4.69, 9.17) is 20.8 Å². The molecule has 0 spiro atoms. The number of fused-ring (bicyclic) bond motifs is 1. The molecule has 1 saturated heterocycles. The van der Waals surface area contributed by atoms with E-state index in [1.54, 1.807) is 12.1 Å². The van der Waals surface area contributed by atoms with Gasteiger partial charge in [-0.1, -0.05) is 46.3 Å². The summed E-state index contributed by atoms with van der Waals surface area (Å²) in [6.45, 7) is 4.01. The quantitative estimate of drug-likeness (QED) is 0.477. The number of carbonyl (C=O) groups is 3. The molecular weight excluding hydrogens is 536 g/mol. The van der Waals surface area contributed by atoms with E-state index in [1.165, 1.54) is 28.8 Å². The zero-order chi connectivity index (χ0) is 23.7. The molecule has 4 rings (SSSR count). The van der Waals surface area contributed by atoms with Crippen molar-refractivity contribution in [3.8, 4) is 0 Å². The van der Waals surface area contributed by atoms with Gasteiger partial charge in [-0.05, 0) is 35.4 Å².